The molecule has 1 fully saturated rings. The molecule has 1 heterocycles. The fraction of sp³-hybridized carbons (Fsp3) is 0.267. The first-order chi connectivity index (χ1) is 9.20. The molecule has 19 heavy (non-hydrogen) atoms. The molecule has 1 N–H and O–H groups in total. The predicted octanol–water partition coefficient (Wildman–Crippen LogP) is 2.95. The van der Waals surface area contributed by atoms with Gasteiger partial charge in [0.2, 0.25) is 5.91 Å². The van der Waals surface area contributed by atoms with E-state index in [2.05, 4.69) is 15.9 Å². The van der Waals surface area contributed by atoms with Gasteiger partial charge < -0.3 is 10.0 Å². The molecule has 0 saturated carbocycles. The second-order valence-corrected chi connectivity index (χ2v) is 5.72. The molecule has 1 unspecified atom stereocenters. The molecule has 98 valence electrons. The summed E-state index contributed by atoms with van der Waals surface area (Å²) in [6.45, 7) is 0.664. The average molecular weight is 320 g/mol. The summed E-state index contributed by atoms with van der Waals surface area (Å²) in [4.78, 5) is 13.9. The lowest BCUT2D eigenvalue weighted by Crippen LogP contribution is -2.25. The van der Waals surface area contributed by atoms with Gasteiger partial charge in [0.15, 0.2) is 0 Å². The number of amides is 1. The van der Waals surface area contributed by atoms with E-state index in [0.29, 0.717) is 13.0 Å². The van der Waals surface area contributed by atoms with Crippen LogP contribution in [0.4, 0.5) is 5.69 Å². The van der Waals surface area contributed by atoms with E-state index in [9.17, 15) is 9.90 Å². The summed E-state index contributed by atoms with van der Waals surface area (Å²) < 4.78 is 1.03. The number of anilines is 1. The summed E-state index contributed by atoms with van der Waals surface area (Å²) in [6, 6.07) is 11.9. The van der Waals surface area contributed by atoms with Gasteiger partial charge in [0.05, 0.1) is 5.69 Å². The number of carbonyl (C=O) groups excluding carboxylic acids is 1. The number of halogens is 1. The number of carbonyl (C=O) groups is 1. The first-order valence-electron chi connectivity index (χ1n) is 6.29. The van der Waals surface area contributed by atoms with E-state index in [4.69, 9.17) is 0 Å². The lowest BCUT2D eigenvalue weighted by molar-refractivity contribution is -0.117. The minimum Gasteiger partial charge on any atom is -0.396 e. The molecule has 2 aromatic rings. The summed E-state index contributed by atoms with van der Waals surface area (Å²) in [7, 11) is 0. The second-order valence-electron chi connectivity index (χ2n) is 4.87. The summed E-state index contributed by atoms with van der Waals surface area (Å²) in [6.07, 6.45) is 0.431. The van der Waals surface area contributed by atoms with E-state index in [1.54, 1.807) is 4.90 Å². The maximum absolute atomic E-state index is 12.1. The lowest BCUT2D eigenvalue weighted by Gasteiger charge is -2.19. The van der Waals surface area contributed by atoms with Gasteiger partial charge in [-0.25, -0.2) is 0 Å². The van der Waals surface area contributed by atoms with Crippen LogP contribution in [0.1, 0.15) is 6.42 Å². The Morgan fingerprint density at radius 3 is 2.63 bits per heavy atom. The predicted molar refractivity (Wildman–Crippen MR) is 79.2 cm³/mol. The Bertz CT molecular complexity index is 641. The highest BCUT2D eigenvalue weighted by atomic mass is 79.9. The highest BCUT2D eigenvalue weighted by Crippen LogP contribution is 2.35. The molecule has 1 aliphatic rings. The number of aliphatic hydroxyl groups excluding tert-OH is 1. The third kappa shape index (κ3) is 2.15. The molecule has 0 bridgehead atoms. The van der Waals surface area contributed by atoms with E-state index in [-0.39, 0.29) is 18.4 Å². The van der Waals surface area contributed by atoms with E-state index in [0.717, 1.165) is 20.9 Å². The second kappa shape index (κ2) is 4.94. The molecule has 1 saturated heterocycles. The van der Waals surface area contributed by atoms with Gasteiger partial charge in [0.25, 0.3) is 0 Å². The van der Waals surface area contributed by atoms with E-state index < -0.39 is 0 Å². The summed E-state index contributed by atoms with van der Waals surface area (Å²) in [5.74, 6) is 0.140. The number of nitrogens with zero attached hydrogens (tertiary/aromatic N) is 1. The Kier molecular flexibility index (Phi) is 3.29. The van der Waals surface area contributed by atoms with Gasteiger partial charge in [0, 0.05) is 35.3 Å². The number of fused-ring (bicyclic) bond motifs is 1. The van der Waals surface area contributed by atoms with Crippen LogP contribution < -0.4 is 4.90 Å². The Morgan fingerprint density at radius 1 is 1.21 bits per heavy atom. The first-order valence-corrected chi connectivity index (χ1v) is 7.08. The van der Waals surface area contributed by atoms with Crippen molar-refractivity contribution >= 4 is 38.3 Å². The van der Waals surface area contributed by atoms with E-state index in [1.807, 2.05) is 36.4 Å². The number of benzene rings is 2. The Hall–Kier alpha value is -1.39. The van der Waals surface area contributed by atoms with Gasteiger partial charge >= 0.3 is 0 Å². The number of hydrogen-bond acceptors (Lipinski definition) is 2. The molecule has 3 nitrogen and oxygen atoms in total. The van der Waals surface area contributed by atoms with Crippen molar-refractivity contribution in [2.24, 2.45) is 5.92 Å². The van der Waals surface area contributed by atoms with Gasteiger partial charge in [-0.1, -0.05) is 40.2 Å². The first kappa shape index (κ1) is 12.6. The maximum Gasteiger partial charge on any atom is 0.227 e. The van der Waals surface area contributed by atoms with Crippen molar-refractivity contribution in [2.45, 2.75) is 6.42 Å². The molecule has 4 heteroatoms. The molecular weight excluding hydrogens is 306 g/mol. The normalized spacial score (nSPS) is 19.4. The van der Waals surface area contributed by atoms with E-state index >= 15 is 0 Å². The zero-order valence-corrected chi connectivity index (χ0v) is 11.9. The molecule has 1 aliphatic heterocycles. The van der Waals surface area contributed by atoms with Crippen molar-refractivity contribution in [3.05, 3.63) is 40.9 Å². The standard InChI is InChI=1S/C15H14BrNO2/c16-13-5-6-14(12-4-2-1-3-11(12)13)17-8-10(9-18)7-15(17)19/h1-6,10,18H,7-9H2. The van der Waals surface area contributed by atoms with Crippen molar-refractivity contribution in [3.8, 4) is 0 Å². The van der Waals surface area contributed by atoms with Crippen LogP contribution >= 0.6 is 15.9 Å². The fourth-order valence-electron chi connectivity index (χ4n) is 2.62. The van der Waals surface area contributed by atoms with Crippen LogP contribution in [-0.4, -0.2) is 24.2 Å². The molecule has 1 atom stereocenters. The number of hydrogen-bond donors (Lipinski definition) is 1. The summed E-state index contributed by atoms with van der Waals surface area (Å²) >= 11 is 3.54. The SMILES string of the molecule is O=C1CC(CO)CN1c1ccc(Br)c2ccccc12. The molecule has 0 aliphatic carbocycles. The molecule has 0 spiro atoms. The van der Waals surface area contributed by atoms with Crippen molar-refractivity contribution in [1.82, 2.24) is 0 Å². The quantitative estimate of drug-likeness (QED) is 0.924. The third-order valence-electron chi connectivity index (χ3n) is 3.60. The molecule has 0 aromatic heterocycles. The number of rotatable bonds is 2. The molecule has 2 aromatic carbocycles. The Morgan fingerprint density at radius 2 is 1.95 bits per heavy atom. The zero-order valence-electron chi connectivity index (χ0n) is 10.3. The van der Waals surface area contributed by atoms with Gasteiger partial charge in [-0.15, -0.1) is 0 Å². The molecule has 1 amide bonds. The highest BCUT2D eigenvalue weighted by Gasteiger charge is 2.30. The topological polar surface area (TPSA) is 40.5 Å². The van der Waals surface area contributed by atoms with Crippen LogP contribution in [-0.2, 0) is 4.79 Å². The average Bonchev–Trinajstić information content (AvgIpc) is 2.81. The molecule has 0 radical (unpaired) electrons. The molecule has 3 rings (SSSR count). The minimum absolute atomic E-state index is 0.0508. The zero-order chi connectivity index (χ0) is 13.4. The third-order valence-corrected chi connectivity index (χ3v) is 4.29. The monoisotopic (exact) mass is 319 g/mol. The van der Waals surface area contributed by atoms with Crippen LogP contribution in [0, 0.1) is 5.92 Å². The number of aliphatic hydroxyl groups is 1. The lowest BCUT2D eigenvalue weighted by atomic mass is 10.1. The van der Waals surface area contributed by atoms with Crippen molar-refractivity contribution in [2.75, 3.05) is 18.1 Å². The Balaban J connectivity index is 2.11. The maximum atomic E-state index is 12.1. The smallest absolute Gasteiger partial charge is 0.227 e. The summed E-state index contributed by atoms with van der Waals surface area (Å²) in [5, 5.41) is 11.4. The van der Waals surface area contributed by atoms with Crippen LogP contribution in [0.25, 0.3) is 10.8 Å². The van der Waals surface area contributed by atoms with Crippen LogP contribution in [0.5, 0.6) is 0 Å². The summed E-state index contributed by atoms with van der Waals surface area (Å²) in [5.41, 5.74) is 0.930. The van der Waals surface area contributed by atoms with Crippen LogP contribution in [0.2, 0.25) is 0 Å². The van der Waals surface area contributed by atoms with Gasteiger partial charge in [-0.3, -0.25) is 4.79 Å². The Labute approximate surface area is 120 Å². The van der Waals surface area contributed by atoms with E-state index in [1.165, 1.54) is 0 Å². The van der Waals surface area contributed by atoms with Gasteiger partial charge in [0.1, 0.15) is 0 Å². The van der Waals surface area contributed by atoms with Gasteiger partial charge in [-0.05, 0) is 17.5 Å². The van der Waals surface area contributed by atoms with Crippen molar-refractivity contribution in [1.29, 1.82) is 0 Å². The fourth-order valence-corrected chi connectivity index (χ4v) is 3.10. The largest absolute Gasteiger partial charge is 0.396 e. The van der Waals surface area contributed by atoms with Gasteiger partial charge in [-0.2, -0.15) is 0 Å². The van der Waals surface area contributed by atoms with Crippen molar-refractivity contribution in [3.63, 3.8) is 0 Å². The highest BCUT2D eigenvalue weighted by molar-refractivity contribution is 9.10. The van der Waals surface area contributed by atoms with Crippen LogP contribution in [0.3, 0.4) is 0 Å². The van der Waals surface area contributed by atoms with Crippen LogP contribution in [0.15, 0.2) is 40.9 Å². The van der Waals surface area contributed by atoms with Crippen molar-refractivity contribution < 1.29 is 9.90 Å². The minimum atomic E-state index is 0.0508. The molecular formula is C15H14BrNO2.